The van der Waals surface area contributed by atoms with Crippen molar-refractivity contribution in [2.24, 2.45) is 11.7 Å². The number of pyridine rings is 1. The normalized spacial score (nSPS) is 12.2. The number of nitrogens with zero attached hydrogens (tertiary/aromatic N) is 2. The van der Waals surface area contributed by atoms with E-state index in [2.05, 4.69) is 4.98 Å². The van der Waals surface area contributed by atoms with Gasteiger partial charge in [-0.2, -0.15) is 0 Å². The monoisotopic (exact) mass is 235 g/mol. The van der Waals surface area contributed by atoms with Gasteiger partial charge >= 0.3 is 0 Å². The molecular weight excluding hydrogens is 214 g/mol. The summed E-state index contributed by atoms with van der Waals surface area (Å²) < 4.78 is 0. The second-order valence-electron chi connectivity index (χ2n) is 4.01. The summed E-state index contributed by atoms with van der Waals surface area (Å²) in [4.78, 5) is 18.0. The molecule has 1 amide bonds. The van der Waals surface area contributed by atoms with Gasteiger partial charge in [0.05, 0.1) is 5.92 Å². The molecule has 1 aromatic rings. The molecule has 0 spiro atoms. The fourth-order valence-corrected chi connectivity index (χ4v) is 1.87. The van der Waals surface area contributed by atoms with E-state index in [1.54, 1.807) is 12.4 Å². The van der Waals surface area contributed by atoms with E-state index in [4.69, 9.17) is 5.73 Å². The fraction of sp³-hybridized carbons (Fsp3) is 0.538. The van der Waals surface area contributed by atoms with E-state index in [0.29, 0.717) is 13.0 Å². The highest BCUT2D eigenvalue weighted by Gasteiger charge is 2.21. The molecule has 0 aliphatic rings. The van der Waals surface area contributed by atoms with Gasteiger partial charge in [0, 0.05) is 32.0 Å². The number of aromatic nitrogens is 1. The third kappa shape index (κ3) is 3.82. The van der Waals surface area contributed by atoms with Crippen LogP contribution in [0.15, 0.2) is 24.5 Å². The van der Waals surface area contributed by atoms with Gasteiger partial charge in [0.1, 0.15) is 0 Å². The van der Waals surface area contributed by atoms with Gasteiger partial charge in [-0.3, -0.25) is 9.78 Å². The highest BCUT2D eigenvalue weighted by Crippen LogP contribution is 2.10. The van der Waals surface area contributed by atoms with Crippen LogP contribution < -0.4 is 5.73 Å². The van der Waals surface area contributed by atoms with Crippen LogP contribution in [0.25, 0.3) is 0 Å². The quantitative estimate of drug-likeness (QED) is 0.802. The van der Waals surface area contributed by atoms with Gasteiger partial charge in [0.15, 0.2) is 0 Å². The zero-order valence-corrected chi connectivity index (χ0v) is 10.6. The van der Waals surface area contributed by atoms with Crippen molar-refractivity contribution in [2.75, 3.05) is 19.6 Å². The summed E-state index contributed by atoms with van der Waals surface area (Å²) in [5, 5.41) is 0. The van der Waals surface area contributed by atoms with E-state index >= 15 is 0 Å². The van der Waals surface area contributed by atoms with Gasteiger partial charge in [-0.05, 0) is 31.9 Å². The van der Waals surface area contributed by atoms with Gasteiger partial charge < -0.3 is 10.6 Å². The highest BCUT2D eigenvalue weighted by molar-refractivity contribution is 5.79. The predicted molar refractivity (Wildman–Crippen MR) is 68.4 cm³/mol. The minimum atomic E-state index is -0.140. The van der Waals surface area contributed by atoms with Crippen molar-refractivity contribution in [1.29, 1.82) is 0 Å². The van der Waals surface area contributed by atoms with Crippen LogP contribution in [-0.4, -0.2) is 35.4 Å². The number of amides is 1. The second kappa shape index (κ2) is 7.01. The Hall–Kier alpha value is -1.42. The van der Waals surface area contributed by atoms with Crippen LogP contribution in [0.4, 0.5) is 0 Å². The Morgan fingerprint density at radius 2 is 2.18 bits per heavy atom. The van der Waals surface area contributed by atoms with Crippen LogP contribution in [0.3, 0.4) is 0 Å². The smallest absolute Gasteiger partial charge is 0.227 e. The summed E-state index contributed by atoms with van der Waals surface area (Å²) in [6.45, 7) is 5.82. The van der Waals surface area contributed by atoms with Crippen molar-refractivity contribution in [3.8, 4) is 0 Å². The molecule has 94 valence electrons. The molecule has 0 radical (unpaired) electrons. The first-order valence-corrected chi connectivity index (χ1v) is 6.10. The summed E-state index contributed by atoms with van der Waals surface area (Å²) in [7, 11) is 0. The van der Waals surface area contributed by atoms with Crippen molar-refractivity contribution in [3.05, 3.63) is 30.1 Å². The van der Waals surface area contributed by atoms with E-state index in [0.717, 1.165) is 18.7 Å². The molecule has 1 unspecified atom stereocenters. The molecule has 0 aliphatic carbocycles. The number of rotatable bonds is 6. The van der Waals surface area contributed by atoms with Gasteiger partial charge in [0.25, 0.3) is 0 Å². The molecule has 1 rings (SSSR count). The average Bonchev–Trinajstić information content (AvgIpc) is 2.38. The third-order valence-electron chi connectivity index (χ3n) is 2.91. The lowest BCUT2D eigenvalue weighted by atomic mass is 9.99. The van der Waals surface area contributed by atoms with E-state index in [1.807, 2.05) is 30.9 Å². The van der Waals surface area contributed by atoms with Crippen LogP contribution in [0.1, 0.15) is 19.4 Å². The Balaban J connectivity index is 2.68. The van der Waals surface area contributed by atoms with E-state index in [9.17, 15) is 4.79 Å². The largest absolute Gasteiger partial charge is 0.343 e. The molecule has 0 aliphatic heterocycles. The maximum atomic E-state index is 12.2. The highest BCUT2D eigenvalue weighted by atomic mass is 16.2. The Bertz CT molecular complexity index is 336. The summed E-state index contributed by atoms with van der Waals surface area (Å²) in [6, 6.07) is 3.86. The molecule has 1 atom stereocenters. The molecule has 0 fully saturated rings. The minimum Gasteiger partial charge on any atom is -0.343 e. The molecule has 2 N–H and O–H groups in total. The van der Waals surface area contributed by atoms with E-state index in [-0.39, 0.29) is 11.8 Å². The second-order valence-corrected chi connectivity index (χ2v) is 4.01. The fourth-order valence-electron chi connectivity index (χ4n) is 1.87. The topological polar surface area (TPSA) is 59.2 Å². The van der Waals surface area contributed by atoms with E-state index < -0.39 is 0 Å². The minimum absolute atomic E-state index is 0.140. The van der Waals surface area contributed by atoms with Crippen LogP contribution >= 0.6 is 0 Å². The number of nitrogens with two attached hydrogens (primary N) is 1. The summed E-state index contributed by atoms with van der Waals surface area (Å²) >= 11 is 0. The third-order valence-corrected chi connectivity index (χ3v) is 2.91. The van der Waals surface area contributed by atoms with E-state index in [1.165, 1.54) is 0 Å². The Morgan fingerprint density at radius 3 is 2.65 bits per heavy atom. The van der Waals surface area contributed by atoms with Gasteiger partial charge in [-0.15, -0.1) is 0 Å². The lowest BCUT2D eigenvalue weighted by Gasteiger charge is -2.24. The maximum Gasteiger partial charge on any atom is 0.227 e. The zero-order valence-electron chi connectivity index (χ0n) is 10.6. The van der Waals surface area contributed by atoms with Crippen LogP contribution in [0.5, 0.6) is 0 Å². The van der Waals surface area contributed by atoms with Crippen LogP contribution in [-0.2, 0) is 11.2 Å². The van der Waals surface area contributed by atoms with Crippen LogP contribution in [0.2, 0.25) is 0 Å². The van der Waals surface area contributed by atoms with Crippen molar-refractivity contribution in [3.63, 3.8) is 0 Å². The van der Waals surface area contributed by atoms with Gasteiger partial charge in [-0.1, -0.05) is 6.07 Å². The van der Waals surface area contributed by atoms with Crippen molar-refractivity contribution >= 4 is 5.91 Å². The molecule has 0 bridgehead atoms. The molecular formula is C13H21N3O. The Kier molecular flexibility index (Phi) is 5.63. The average molecular weight is 235 g/mol. The maximum absolute atomic E-state index is 12.2. The summed E-state index contributed by atoms with van der Waals surface area (Å²) in [5.41, 5.74) is 6.76. The first-order chi connectivity index (χ1) is 8.22. The number of hydrogen-bond acceptors (Lipinski definition) is 3. The number of carbonyl (C=O) groups is 1. The molecule has 0 aromatic carbocycles. The molecule has 0 saturated carbocycles. The lowest BCUT2D eigenvalue weighted by Crippen LogP contribution is -2.39. The van der Waals surface area contributed by atoms with Gasteiger partial charge in [0.2, 0.25) is 5.91 Å². The molecule has 1 heterocycles. The first kappa shape index (κ1) is 13.6. The lowest BCUT2D eigenvalue weighted by molar-refractivity contribution is -0.134. The summed E-state index contributed by atoms with van der Waals surface area (Å²) in [5.74, 6) is 0.000420. The molecule has 0 saturated heterocycles. The Morgan fingerprint density at radius 1 is 1.47 bits per heavy atom. The Labute approximate surface area is 103 Å². The molecule has 17 heavy (non-hydrogen) atoms. The van der Waals surface area contributed by atoms with Crippen LogP contribution in [0, 0.1) is 5.92 Å². The summed E-state index contributed by atoms with van der Waals surface area (Å²) in [6.07, 6.45) is 4.19. The van der Waals surface area contributed by atoms with Gasteiger partial charge in [-0.25, -0.2) is 0 Å². The zero-order chi connectivity index (χ0) is 12.7. The standard InChI is InChI=1S/C13H21N3O/c1-3-16(4-2)13(17)12(9-14)8-11-6-5-7-15-10-11/h5-7,10,12H,3-4,8-9,14H2,1-2H3. The first-order valence-electron chi connectivity index (χ1n) is 6.10. The number of carbonyl (C=O) groups excluding carboxylic acids is 1. The van der Waals surface area contributed by atoms with Crippen molar-refractivity contribution < 1.29 is 4.79 Å². The molecule has 4 heteroatoms. The number of hydrogen-bond donors (Lipinski definition) is 1. The molecule has 1 aromatic heterocycles. The van der Waals surface area contributed by atoms with Crippen molar-refractivity contribution in [1.82, 2.24) is 9.88 Å². The van der Waals surface area contributed by atoms with Crippen molar-refractivity contribution in [2.45, 2.75) is 20.3 Å². The molecule has 4 nitrogen and oxygen atoms in total. The SMILES string of the molecule is CCN(CC)C(=O)C(CN)Cc1cccnc1. The predicted octanol–water partition coefficient (Wildman–Crippen LogP) is 1.07.